The molecule has 0 saturated heterocycles. The maximum atomic E-state index is 8.01. The predicted octanol–water partition coefficient (Wildman–Crippen LogP) is 14.8. The first-order valence-electron chi connectivity index (χ1n) is 21.7. The van der Waals surface area contributed by atoms with Gasteiger partial charge in [-0.3, -0.25) is 0 Å². The molecule has 2 nitrogen and oxygen atoms in total. The molecule has 0 atom stereocenters. The van der Waals surface area contributed by atoms with Crippen molar-refractivity contribution in [1.82, 2.24) is 0 Å². The fourth-order valence-electron chi connectivity index (χ4n) is 9.32. The summed E-state index contributed by atoms with van der Waals surface area (Å²) in [5.74, 6) is 0. The Bertz CT molecular complexity index is 2180. The van der Waals surface area contributed by atoms with Crippen LogP contribution in [-0.4, -0.2) is 19.2 Å². The monoisotopic (exact) mass is 888 g/mol. The molecule has 304 valence electrons. The van der Waals surface area contributed by atoms with Gasteiger partial charge in [-0.15, -0.1) is 0 Å². The average Bonchev–Trinajstić information content (AvgIpc) is 3.70. The predicted molar refractivity (Wildman–Crippen MR) is 250 cm³/mol. The van der Waals surface area contributed by atoms with Crippen molar-refractivity contribution in [2.75, 3.05) is 0 Å². The van der Waals surface area contributed by atoms with E-state index in [9.17, 15) is 0 Å². The van der Waals surface area contributed by atoms with Crippen molar-refractivity contribution in [3.05, 3.63) is 189 Å². The molecule has 2 aliphatic carbocycles. The van der Waals surface area contributed by atoms with Crippen LogP contribution in [0.3, 0.4) is 0 Å². The molecule has 0 heterocycles. The zero-order chi connectivity index (χ0) is 42.1. The number of hydrogen-bond donors (Lipinski definition) is 0. The number of hydrogen-bond acceptors (Lipinski definition) is 2. The molecule has 59 heavy (non-hydrogen) atoms. The summed E-state index contributed by atoms with van der Waals surface area (Å²) in [6.07, 6.45) is 0. The Labute approximate surface area is 360 Å². The third kappa shape index (κ3) is 7.91. The molecule has 2 aliphatic rings. The summed E-state index contributed by atoms with van der Waals surface area (Å²) in [6.45, 7) is 28.9. The van der Waals surface area contributed by atoms with Crippen LogP contribution in [0, 0.1) is 0 Å². The van der Waals surface area contributed by atoms with Crippen molar-refractivity contribution >= 4 is 19.2 Å². The molecule has 0 N–H and O–H groups in total. The van der Waals surface area contributed by atoms with E-state index in [1.54, 1.807) is 0 Å². The van der Waals surface area contributed by atoms with Crippen LogP contribution in [0.1, 0.15) is 147 Å². The summed E-state index contributed by atoms with van der Waals surface area (Å²) in [5, 5.41) is 0. The van der Waals surface area contributed by atoms with Crippen LogP contribution in [0.25, 0.3) is 22.3 Å². The normalized spacial score (nSPS) is 14.6. The van der Waals surface area contributed by atoms with E-state index in [1.807, 2.05) is 0 Å². The number of fused-ring (bicyclic) bond motifs is 6. The van der Waals surface area contributed by atoms with Gasteiger partial charge in [0.15, 0.2) is 0 Å². The summed E-state index contributed by atoms with van der Waals surface area (Å²) < 4.78 is 16.0. The summed E-state index contributed by atoms with van der Waals surface area (Å²) >= 11 is -4.78. The minimum absolute atomic E-state index is 0.00175. The molecule has 0 fully saturated rings. The van der Waals surface area contributed by atoms with E-state index in [0.29, 0.717) is 13.2 Å². The van der Waals surface area contributed by atoms with E-state index < -0.39 is 19.2 Å². The first kappa shape index (κ1) is 41.8. The van der Waals surface area contributed by atoms with E-state index in [4.69, 9.17) is 6.15 Å². The van der Waals surface area contributed by atoms with Crippen LogP contribution in [0.15, 0.2) is 133 Å². The molecule has 0 spiro atoms. The van der Waals surface area contributed by atoms with Crippen molar-refractivity contribution in [3.63, 3.8) is 0 Å². The summed E-state index contributed by atoms with van der Waals surface area (Å²) in [6, 6.07) is 50.8. The zero-order valence-electron chi connectivity index (χ0n) is 37.6. The van der Waals surface area contributed by atoms with Crippen molar-refractivity contribution in [1.29, 1.82) is 0 Å². The van der Waals surface area contributed by atoms with Crippen LogP contribution in [-0.2, 0) is 41.0 Å². The molecule has 6 aromatic rings. The van der Waals surface area contributed by atoms with Gasteiger partial charge in [0.2, 0.25) is 0 Å². The third-order valence-electron chi connectivity index (χ3n) is 12.9. The fraction of sp³-hybridized carbons (Fsp3) is 0.357. The molecule has 0 unspecified atom stereocenters. The first-order chi connectivity index (χ1) is 27.8. The van der Waals surface area contributed by atoms with Crippen molar-refractivity contribution in [2.24, 2.45) is 0 Å². The van der Waals surface area contributed by atoms with Gasteiger partial charge < -0.3 is 0 Å². The number of rotatable bonds is 8. The topological polar surface area (TPSA) is 18.5 Å². The minimum atomic E-state index is -4.78. The SMILES string of the molecule is CC(C)(C)c1ccc2c(c1)-c1cc(C(C)(C)C)ccc1[CH]2[Sn]([O]Cc1ccccc1)([O]Cc1ccccc1)[CH]1c2ccc(C(C)(C)C)cc2-c2cc(C(C)(C)C)ccc21. The summed E-state index contributed by atoms with van der Waals surface area (Å²) in [7, 11) is 0. The Morgan fingerprint density at radius 2 is 0.610 bits per heavy atom. The van der Waals surface area contributed by atoms with Crippen LogP contribution < -0.4 is 0 Å². The molecular weight excluding hydrogens is 823 g/mol. The Morgan fingerprint density at radius 1 is 0.356 bits per heavy atom. The van der Waals surface area contributed by atoms with E-state index in [-0.39, 0.29) is 29.5 Å². The zero-order valence-corrected chi connectivity index (χ0v) is 40.4. The molecule has 0 aliphatic heterocycles. The van der Waals surface area contributed by atoms with Gasteiger partial charge in [0.05, 0.1) is 0 Å². The van der Waals surface area contributed by atoms with E-state index >= 15 is 0 Å². The Balaban J connectivity index is 1.47. The number of benzene rings is 6. The molecule has 0 amide bonds. The second-order valence-corrected chi connectivity index (χ2v) is 30.4. The van der Waals surface area contributed by atoms with Gasteiger partial charge in [-0.05, 0) is 0 Å². The Kier molecular flexibility index (Phi) is 10.8. The molecule has 6 aromatic carbocycles. The maximum absolute atomic E-state index is 8.01. The van der Waals surface area contributed by atoms with Crippen molar-refractivity contribution in [2.45, 2.75) is 126 Å². The van der Waals surface area contributed by atoms with Crippen LogP contribution in [0.4, 0.5) is 0 Å². The average molecular weight is 888 g/mol. The van der Waals surface area contributed by atoms with E-state index in [2.05, 4.69) is 217 Å². The molecular formula is C56H64O2Sn. The molecule has 0 radical (unpaired) electrons. The Morgan fingerprint density at radius 3 is 0.847 bits per heavy atom. The molecule has 3 heteroatoms. The quantitative estimate of drug-likeness (QED) is 0.142. The molecule has 8 rings (SSSR count). The fourth-order valence-corrected chi connectivity index (χ4v) is 22.5. The van der Waals surface area contributed by atoms with Gasteiger partial charge in [0.1, 0.15) is 0 Å². The standard InChI is InChI=1S/2C21H25.2C7H7O.Sn/c2*1-20(2,3)16-9-7-14-11-15-8-10-17(21(4,5)6)13-19(15)18(14)12-16;2*8-6-7-4-2-1-3-5-7;/h2*7-13H,1-6H3;2*1-5H,6H2;/q;;2*-1;+2. The van der Waals surface area contributed by atoms with E-state index in [0.717, 1.165) is 0 Å². The van der Waals surface area contributed by atoms with Gasteiger partial charge in [-0.25, -0.2) is 0 Å². The van der Waals surface area contributed by atoms with Gasteiger partial charge in [0, 0.05) is 0 Å². The Hall–Kier alpha value is -3.96. The third-order valence-corrected chi connectivity index (χ3v) is 24.5. The van der Waals surface area contributed by atoms with Crippen LogP contribution in [0.2, 0.25) is 0 Å². The first-order valence-corrected chi connectivity index (χ1v) is 27.3. The van der Waals surface area contributed by atoms with Gasteiger partial charge in [-0.2, -0.15) is 0 Å². The van der Waals surface area contributed by atoms with Crippen LogP contribution in [0.5, 0.6) is 0 Å². The van der Waals surface area contributed by atoms with Gasteiger partial charge >= 0.3 is 363 Å². The second-order valence-electron chi connectivity index (χ2n) is 21.3. The van der Waals surface area contributed by atoms with Gasteiger partial charge in [-0.1, -0.05) is 0 Å². The molecule has 0 aromatic heterocycles. The van der Waals surface area contributed by atoms with Crippen molar-refractivity contribution < 1.29 is 6.15 Å². The second kappa shape index (κ2) is 15.2. The van der Waals surface area contributed by atoms with E-state index in [1.165, 1.54) is 77.9 Å². The van der Waals surface area contributed by atoms with Gasteiger partial charge in [0.25, 0.3) is 0 Å². The summed E-state index contributed by atoms with van der Waals surface area (Å²) in [4.78, 5) is 0. The molecule has 0 bridgehead atoms. The van der Waals surface area contributed by atoms with Crippen molar-refractivity contribution in [3.8, 4) is 22.3 Å². The molecule has 0 saturated carbocycles. The van der Waals surface area contributed by atoms with Crippen LogP contribution >= 0.6 is 0 Å². The summed E-state index contributed by atoms with van der Waals surface area (Å²) in [5.41, 5.74) is 18.5.